The summed E-state index contributed by atoms with van der Waals surface area (Å²) in [4.78, 5) is 0. The molecule has 0 heterocycles. The van der Waals surface area contributed by atoms with Gasteiger partial charge in [0.15, 0.2) is 0 Å². The lowest BCUT2D eigenvalue weighted by Gasteiger charge is -2.38. The predicted octanol–water partition coefficient (Wildman–Crippen LogP) is 4.83. The molecule has 2 fully saturated rings. The van der Waals surface area contributed by atoms with Gasteiger partial charge in [0, 0.05) is 17.1 Å². The Morgan fingerprint density at radius 2 is 2.24 bits per heavy atom. The molecule has 3 heteroatoms. The number of fused-ring (bicyclic) bond motifs is 2. The first-order chi connectivity index (χ1) is 10.1. The summed E-state index contributed by atoms with van der Waals surface area (Å²) in [5.74, 6) is 1.45. The topological polar surface area (TPSA) is 12.0 Å². The molecule has 1 aromatic carbocycles. The number of benzene rings is 1. The molecule has 21 heavy (non-hydrogen) atoms. The summed E-state index contributed by atoms with van der Waals surface area (Å²) < 4.78 is 14.2. The summed E-state index contributed by atoms with van der Waals surface area (Å²) in [6.07, 6.45) is 7.18. The van der Waals surface area contributed by atoms with Gasteiger partial charge in [0.2, 0.25) is 0 Å². The smallest absolute Gasteiger partial charge is 0.127 e. The van der Waals surface area contributed by atoms with Gasteiger partial charge in [-0.25, -0.2) is 4.39 Å². The van der Waals surface area contributed by atoms with Crippen LogP contribution in [0, 0.1) is 23.1 Å². The lowest BCUT2D eigenvalue weighted by atomic mass is 9.69. The Labute approximate surface area is 132 Å². The molecule has 2 saturated carbocycles. The predicted molar refractivity (Wildman–Crippen MR) is 86.2 cm³/mol. The average molecular weight is 310 g/mol. The van der Waals surface area contributed by atoms with Gasteiger partial charge in [-0.2, -0.15) is 0 Å². The van der Waals surface area contributed by atoms with Crippen molar-refractivity contribution in [3.63, 3.8) is 0 Å². The van der Waals surface area contributed by atoms with Crippen LogP contribution in [-0.2, 0) is 6.42 Å². The minimum atomic E-state index is -0.139. The van der Waals surface area contributed by atoms with E-state index in [0.29, 0.717) is 5.02 Å². The molecular weight excluding hydrogens is 285 g/mol. The van der Waals surface area contributed by atoms with Crippen LogP contribution in [0.3, 0.4) is 0 Å². The molecule has 2 aliphatic carbocycles. The Hall–Kier alpha value is -0.600. The summed E-state index contributed by atoms with van der Waals surface area (Å²) in [5.41, 5.74) is 0.939. The number of rotatable bonds is 6. The van der Waals surface area contributed by atoms with Crippen LogP contribution < -0.4 is 5.32 Å². The van der Waals surface area contributed by atoms with Crippen molar-refractivity contribution in [1.29, 1.82) is 0 Å². The largest absolute Gasteiger partial charge is 0.316 e. The van der Waals surface area contributed by atoms with E-state index in [1.165, 1.54) is 25.7 Å². The molecule has 116 valence electrons. The van der Waals surface area contributed by atoms with Gasteiger partial charge in [0.25, 0.3) is 0 Å². The average Bonchev–Trinajstić information content (AvgIpc) is 3.04. The Kier molecular flexibility index (Phi) is 4.56. The molecule has 2 bridgehead atoms. The zero-order valence-electron chi connectivity index (χ0n) is 12.8. The van der Waals surface area contributed by atoms with E-state index in [2.05, 4.69) is 12.2 Å². The molecule has 0 spiro atoms. The van der Waals surface area contributed by atoms with E-state index in [4.69, 9.17) is 11.6 Å². The summed E-state index contributed by atoms with van der Waals surface area (Å²) in [5, 5.41) is 4.19. The quantitative estimate of drug-likeness (QED) is 0.742. The van der Waals surface area contributed by atoms with Crippen molar-refractivity contribution in [2.75, 3.05) is 13.1 Å². The summed E-state index contributed by atoms with van der Waals surface area (Å²) in [7, 11) is 0. The molecule has 1 aromatic rings. The van der Waals surface area contributed by atoms with Crippen LogP contribution in [0.15, 0.2) is 18.2 Å². The van der Waals surface area contributed by atoms with Crippen molar-refractivity contribution < 1.29 is 4.39 Å². The highest BCUT2D eigenvalue weighted by atomic mass is 35.5. The molecule has 3 rings (SSSR count). The normalized spacial score (nSPS) is 31.0. The zero-order chi connectivity index (χ0) is 14.9. The molecule has 3 atom stereocenters. The number of hydrogen-bond donors (Lipinski definition) is 1. The van der Waals surface area contributed by atoms with Crippen LogP contribution in [0.25, 0.3) is 0 Å². The van der Waals surface area contributed by atoms with Crippen LogP contribution >= 0.6 is 11.6 Å². The third-order valence-electron chi connectivity index (χ3n) is 5.60. The molecule has 0 aliphatic heterocycles. The van der Waals surface area contributed by atoms with Gasteiger partial charge >= 0.3 is 0 Å². The van der Waals surface area contributed by atoms with Crippen molar-refractivity contribution in [3.05, 3.63) is 34.6 Å². The molecule has 3 unspecified atom stereocenters. The second kappa shape index (κ2) is 6.26. The fourth-order valence-electron chi connectivity index (χ4n) is 4.62. The highest BCUT2D eigenvalue weighted by Crippen LogP contribution is 2.57. The number of nitrogens with one attached hydrogen (secondary N) is 1. The number of hydrogen-bond acceptors (Lipinski definition) is 1. The second-order valence-electron chi connectivity index (χ2n) is 7.00. The van der Waals surface area contributed by atoms with E-state index >= 15 is 0 Å². The SMILES string of the molecule is CCCNCC1(Cc2c(F)cccc2Cl)CC2CCC1C2. The molecule has 1 nitrogen and oxygen atoms in total. The first kappa shape index (κ1) is 15.3. The van der Waals surface area contributed by atoms with Gasteiger partial charge in [-0.3, -0.25) is 0 Å². The standard InChI is InChI=1S/C18H25ClFN/c1-2-8-21-12-18(10-13-6-7-14(18)9-13)11-15-16(19)4-3-5-17(15)20/h3-5,13-14,21H,2,6-12H2,1H3. The van der Waals surface area contributed by atoms with Crippen molar-refractivity contribution in [3.8, 4) is 0 Å². The highest BCUT2D eigenvalue weighted by molar-refractivity contribution is 6.31. The summed E-state index contributed by atoms with van der Waals surface area (Å²) in [6, 6.07) is 5.06. The highest BCUT2D eigenvalue weighted by Gasteiger charge is 2.50. The van der Waals surface area contributed by atoms with Crippen molar-refractivity contribution in [1.82, 2.24) is 5.32 Å². The van der Waals surface area contributed by atoms with E-state index in [9.17, 15) is 4.39 Å². The Bertz CT molecular complexity index is 484. The van der Waals surface area contributed by atoms with E-state index in [1.807, 2.05) is 6.07 Å². The van der Waals surface area contributed by atoms with Gasteiger partial charge in [-0.1, -0.05) is 31.0 Å². The molecule has 0 aromatic heterocycles. The molecular formula is C18H25ClFN. The Morgan fingerprint density at radius 1 is 1.38 bits per heavy atom. The van der Waals surface area contributed by atoms with Crippen molar-refractivity contribution in [2.24, 2.45) is 17.3 Å². The Morgan fingerprint density at radius 3 is 2.86 bits per heavy atom. The first-order valence-corrected chi connectivity index (χ1v) is 8.66. The molecule has 0 amide bonds. The third-order valence-corrected chi connectivity index (χ3v) is 5.95. The van der Waals surface area contributed by atoms with Gasteiger partial charge in [-0.05, 0) is 68.0 Å². The van der Waals surface area contributed by atoms with E-state index < -0.39 is 0 Å². The van der Waals surface area contributed by atoms with Crippen LogP contribution in [0.2, 0.25) is 5.02 Å². The van der Waals surface area contributed by atoms with Gasteiger partial charge < -0.3 is 5.32 Å². The number of halogens is 2. The molecule has 0 saturated heterocycles. The van der Waals surface area contributed by atoms with E-state index in [1.54, 1.807) is 12.1 Å². The fourth-order valence-corrected chi connectivity index (χ4v) is 4.85. The molecule has 1 N–H and O–H groups in total. The van der Waals surface area contributed by atoms with Gasteiger partial charge in [0.1, 0.15) is 5.82 Å². The van der Waals surface area contributed by atoms with E-state index in [0.717, 1.165) is 43.3 Å². The second-order valence-corrected chi connectivity index (χ2v) is 7.40. The minimum absolute atomic E-state index is 0.139. The van der Waals surface area contributed by atoms with Crippen molar-refractivity contribution >= 4 is 11.6 Å². The molecule has 2 aliphatic rings. The summed E-state index contributed by atoms with van der Waals surface area (Å²) in [6.45, 7) is 4.24. The third kappa shape index (κ3) is 2.98. The fraction of sp³-hybridized carbons (Fsp3) is 0.667. The maximum atomic E-state index is 14.2. The monoisotopic (exact) mass is 309 g/mol. The molecule has 0 radical (unpaired) electrons. The van der Waals surface area contributed by atoms with Crippen LogP contribution in [-0.4, -0.2) is 13.1 Å². The van der Waals surface area contributed by atoms with Crippen LogP contribution in [0.4, 0.5) is 4.39 Å². The van der Waals surface area contributed by atoms with E-state index in [-0.39, 0.29) is 11.2 Å². The van der Waals surface area contributed by atoms with Gasteiger partial charge in [-0.15, -0.1) is 0 Å². The maximum absolute atomic E-state index is 14.2. The van der Waals surface area contributed by atoms with Crippen LogP contribution in [0.5, 0.6) is 0 Å². The minimum Gasteiger partial charge on any atom is -0.316 e. The van der Waals surface area contributed by atoms with Crippen LogP contribution in [0.1, 0.15) is 44.6 Å². The zero-order valence-corrected chi connectivity index (χ0v) is 13.6. The lowest BCUT2D eigenvalue weighted by Crippen LogP contribution is -2.41. The first-order valence-electron chi connectivity index (χ1n) is 8.28. The Balaban J connectivity index is 1.83. The van der Waals surface area contributed by atoms with Crippen molar-refractivity contribution in [2.45, 2.75) is 45.4 Å². The lowest BCUT2D eigenvalue weighted by molar-refractivity contribution is 0.155. The maximum Gasteiger partial charge on any atom is 0.127 e. The van der Waals surface area contributed by atoms with Gasteiger partial charge in [0.05, 0.1) is 0 Å². The summed E-state index contributed by atoms with van der Waals surface area (Å²) >= 11 is 6.27.